The Kier molecular flexibility index (Phi) is 5.11. The van der Waals surface area contributed by atoms with Gasteiger partial charge in [-0.15, -0.1) is 0 Å². The van der Waals surface area contributed by atoms with E-state index in [4.69, 9.17) is 17.0 Å². The number of carbonyl (C=O) groups excluding carboxylic acids is 1. The van der Waals surface area contributed by atoms with Gasteiger partial charge in [0.15, 0.2) is 4.32 Å². The lowest BCUT2D eigenvalue weighted by atomic mass is 10.2. The van der Waals surface area contributed by atoms with E-state index in [1.54, 1.807) is 12.0 Å². The number of rotatable bonds is 4. The van der Waals surface area contributed by atoms with Crippen LogP contribution in [-0.2, 0) is 4.79 Å². The van der Waals surface area contributed by atoms with Crippen molar-refractivity contribution < 1.29 is 9.53 Å². The van der Waals surface area contributed by atoms with Crippen LogP contribution < -0.4 is 14.5 Å². The SMILES string of the molecule is COc1ccc(/C=C2\SC(=S)N(c3ccc(N(C)C)cc3)C2=O)cc1. The van der Waals surface area contributed by atoms with Gasteiger partial charge in [0.25, 0.3) is 5.91 Å². The van der Waals surface area contributed by atoms with Crippen LogP contribution in [0.15, 0.2) is 53.4 Å². The fourth-order valence-electron chi connectivity index (χ4n) is 2.44. The van der Waals surface area contributed by atoms with Crippen molar-refractivity contribution in [3.05, 3.63) is 59.0 Å². The molecule has 0 aliphatic carbocycles. The minimum Gasteiger partial charge on any atom is -0.497 e. The van der Waals surface area contributed by atoms with Crippen LogP contribution in [-0.4, -0.2) is 31.4 Å². The number of thioether (sulfide) groups is 1. The number of thiocarbonyl (C=S) groups is 1. The second kappa shape index (κ2) is 7.29. The Labute approximate surface area is 157 Å². The van der Waals surface area contributed by atoms with Crippen molar-refractivity contribution in [2.45, 2.75) is 0 Å². The van der Waals surface area contributed by atoms with Crippen LogP contribution in [0.3, 0.4) is 0 Å². The van der Waals surface area contributed by atoms with E-state index >= 15 is 0 Å². The Morgan fingerprint density at radius 2 is 1.72 bits per heavy atom. The highest BCUT2D eigenvalue weighted by Crippen LogP contribution is 2.36. The number of ether oxygens (including phenoxy) is 1. The third-order valence-electron chi connectivity index (χ3n) is 3.83. The fraction of sp³-hybridized carbons (Fsp3) is 0.158. The smallest absolute Gasteiger partial charge is 0.270 e. The third kappa shape index (κ3) is 3.70. The molecular formula is C19H18N2O2S2. The van der Waals surface area contributed by atoms with Crippen LogP contribution in [0.4, 0.5) is 11.4 Å². The van der Waals surface area contributed by atoms with Gasteiger partial charge in [0.05, 0.1) is 17.7 Å². The van der Waals surface area contributed by atoms with Crippen LogP contribution in [0.5, 0.6) is 5.75 Å². The van der Waals surface area contributed by atoms with E-state index < -0.39 is 0 Å². The molecule has 128 valence electrons. The van der Waals surface area contributed by atoms with Gasteiger partial charge >= 0.3 is 0 Å². The zero-order chi connectivity index (χ0) is 18.0. The molecule has 1 amide bonds. The zero-order valence-corrected chi connectivity index (χ0v) is 15.9. The largest absolute Gasteiger partial charge is 0.497 e. The highest BCUT2D eigenvalue weighted by Gasteiger charge is 2.33. The lowest BCUT2D eigenvalue weighted by Crippen LogP contribution is -2.27. The molecule has 1 saturated heterocycles. The van der Waals surface area contributed by atoms with Gasteiger partial charge in [-0.1, -0.05) is 36.1 Å². The number of benzene rings is 2. The molecule has 0 aromatic heterocycles. The summed E-state index contributed by atoms with van der Waals surface area (Å²) in [4.78, 5) is 17.0. The van der Waals surface area contributed by atoms with Crippen LogP contribution in [0.1, 0.15) is 5.56 Å². The molecule has 0 radical (unpaired) electrons. The van der Waals surface area contributed by atoms with E-state index in [0.717, 1.165) is 22.7 Å². The van der Waals surface area contributed by atoms with E-state index in [-0.39, 0.29) is 5.91 Å². The number of amides is 1. The predicted molar refractivity (Wildman–Crippen MR) is 109 cm³/mol. The maximum Gasteiger partial charge on any atom is 0.270 e. The molecule has 0 saturated carbocycles. The molecule has 1 heterocycles. The van der Waals surface area contributed by atoms with Crippen LogP contribution in [0.25, 0.3) is 6.08 Å². The summed E-state index contributed by atoms with van der Waals surface area (Å²) in [5, 5.41) is 0. The molecule has 4 nitrogen and oxygen atoms in total. The third-order valence-corrected chi connectivity index (χ3v) is 5.13. The van der Waals surface area contributed by atoms with Crippen LogP contribution in [0.2, 0.25) is 0 Å². The molecule has 0 atom stereocenters. The van der Waals surface area contributed by atoms with Gasteiger partial charge in [0, 0.05) is 19.8 Å². The topological polar surface area (TPSA) is 32.8 Å². The average molecular weight is 370 g/mol. The molecule has 2 aromatic rings. The summed E-state index contributed by atoms with van der Waals surface area (Å²) >= 11 is 6.73. The molecule has 0 N–H and O–H groups in total. The van der Waals surface area contributed by atoms with Crippen molar-refractivity contribution in [1.29, 1.82) is 0 Å². The van der Waals surface area contributed by atoms with Gasteiger partial charge < -0.3 is 9.64 Å². The molecule has 1 aliphatic heterocycles. The summed E-state index contributed by atoms with van der Waals surface area (Å²) in [6.45, 7) is 0. The minimum atomic E-state index is -0.0941. The highest BCUT2D eigenvalue weighted by molar-refractivity contribution is 8.27. The first-order valence-electron chi connectivity index (χ1n) is 7.69. The van der Waals surface area contributed by atoms with Crippen LogP contribution >= 0.6 is 24.0 Å². The van der Waals surface area contributed by atoms with Gasteiger partial charge in [0.2, 0.25) is 0 Å². The molecule has 3 rings (SSSR count). The summed E-state index contributed by atoms with van der Waals surface area (Å²) in [5.41, 5.74) is 2.79. The zero-order valence-electron chi connectivity index (χ0n) is 14.2. The van der Waals surface area contributed by atoms with Crippen molar-refractivity contribution in [3.8, 4) is 5.75 Å². The fourth-order valence-corrected chi connectivity index (χ4v) is 3.74. The van der Waals surface area contributed by atoms with Crippen molar-refractivity contribution in [2.24, 2.45) is 0 Å². The quantitative estimate of drug-likeness (QED) is 0.596. The monoisotopic (exact) mass is 370 g/mol. The Hall–Kier alpha value is -2.31. The Morgan fingerprint density at radius 3 is 2.28 bits per heavy atom. The Bertz CT molecular complexity index is 828. The Balaban J connectivity index is 1.85. The lowest BCUT2D eigenvalue weighted by Gasteiger charge is -2.17. The van der Waals surface area contributed by atoms with Crippen LogP contribution in [0, 0.1) is 0 Å². The molecule has 0 unspecified atom stereocenters. The normalized spacial score (nSPS) is 15.8. The van der Waals surface area contributed by atoms with E-state index in [1.807, 2.05) is 73.6 Å². The van der Waals surface area contributed by atoms with Gasteiger partial charge in [-0.3, -0.25) is 9.69 Å². The molecule has 25 heavy (non-hydrogen) atoms. The second-order valence-electron chi connectivity index (χ2n) is 5.70. The summed E-state index contributed by atoms with van der Waals surface area (Å²) < 4.78 is 5.70. The van der Waals surface area contributed by atoms with Crippen molar-refractivity contribution >= 4 is 51.7 Å². The number of anilines is 2. The molecular weight excluding hydrogens is 352 g/mol. The second-order valence-corrected chi connectivity index (χ2v) is 7.38. The first-order chi connectivity index (χ1) is 12.0. The van der Waals surface area contributed by atoms with Gasteiger partial charge in [-0.05, 0) is 48.0 Å². The van der Waals surface area contributed by atoms with Gasteiger partial charge in [-0.2, -0.15) is 0 Å². The maximum absolute atomic E-state index is 12.8. The number of hydrogen-bond donors (Lipinski definition) is 0. The predicted octanol–water partition coefficient (Wildman–Crippen LogP) is 4.17. The van der Waals surface area contributed by atoms with Crippen molar-refractivity contribution in [2.75, 3.05) is 31.0 Å². The first-order valence-corrected chi connectivity index (χ1v) is 8.91. The number of hydrogen-bond acceptors (Lipinski definition) is 5. The summed E-state index contributed by atoms with van der Waals surface area (Å²) in [7, 11) is 5.58. The Morgan fingerprint density at radius 1 is 1.08 bits per heavy atom. The minimum absolute atomic E-state index is 0.0941. The molecule has 6 heteroatoms. The van der Waals surface area contributed by atoms with Gasteiger partial charge in [-0.25, -0.2) is 0 Å². The molecule has 1 fully saturated rings. The first kappa shape index (κ1) is 17.5. The maximum atomic E-state index is 12.8. The van der Waals surface area contributed by atoms with Crippen molar-refractivity contribution in [3.63, 3.8) is 0 Å². The molecule has 1 aliphatic rings. The summed E-state index contributed by atoms with van der Waals surface area (Å²) in [6, 6.07) is 15.3. The number of methoxy groups -OCH3 is 1. The van der Waals surface area contributed by atoms with Crippen molar-refractivity contribution in [1.82, 2.24) is 0 Å². The lowest BCUT2D eigenvalue weighted by molar-refractivity contribution is -0.113. The van der Waals surface area contributed by atoms with E-state index in [0.29, 0.717) is 9.23 Å². The average Bonchev–Trinajstić information content (AvgIpc) is 2.89. The number of nitrogens with zero attached hydrogens (tertiary/aromatic N) is 2. The summed E-state index contributed by atoms with van der Waals surface area (Å²) in [5.74, 6) is 0.689. The highest BCUT2D eigenvalue weighted by atomic mass is 32.2. The van der Waals surface area contributed by atoms with E-state index in [9.17, 15) is 4.79 Å². The van der Waals surface area contributed by atoms with Gasteiger partial charge in [0.1, 0.15) is 5.75 Å². The molecule has 0 spiro atoms. The molecule has 0 bridgehead atoms. The summed E-state index contributed by atoms with van der Waals surface area (Å²) in [6.07, 6.45) is 1.85. The standard InChI is InChI=1S/C19H18N2O2S2/c1-20(2)14-6-8-15(9-7-14)21-18(22)17(25-19(21)24)12-13-4-10-16(23-3)11-5-13/h4-12H,1-3H3/b17-12-. The van der Waals surface area contributed by atoms with E-state index in [2.05, 4.69) is 0 Å². The molecule has 2 aromatic carbocycles. The number of carbonyl (C=O) groups is 1. The van der Waals surface area contributed by atoms with E-state index in [1.165, 1.54) is 11.8 Å².